The molecule has 1 aliphatic heterocycles. The van der Waals surface area contributed by atoms with E-state index in [0.29, 0.717) is 26.2 Å². The first kappa shape index (κ1) is 17.7. The van der Waals surface area contributed by atoms with Crippen molar-refractivity contribution in [3.05, 3.63) is 0 Å². The zero-order valence-corrected chi connectivity index (χ0v) is 12.7. The molecule has 0 radical (unpaired) electrons. The lowest BCUT2D eigenvalue weighted by atomic mass is 10.3. The number of nitrogens with zero attached hydrogens (tertiary/aromatic N) is 3. The maximum absolute atomic E-state index is 12.3. The highest BCUT2D eigenvalue weighted by Gasteiger charge is 2.23. The van der Waals surface area contributed by atoms with Crippen LogP contribution in [0.5, 0.6) is 0 Å². The van der Waals surface area contributed by atoms with Crippen molar-refractivity contribution >= 4 is 12.0 Å². The Bertz CT molecular complexity index is 353. The number of aliphatic hydroxyl groups is 1. The molecule has 1 rings (SSSR count). The largest absolute Gasteiger partial charge is 0.480 e. The van der Waals surface area contributed by atoms with E-state index >= 15 is 0 Å². The average molecular weight is 303 g/mol. The molecule has 1 fully saturated rings. The summed E-state index contributed by atoms with van der Waals surface area (Å²) in [5, 5.41) is 18.5. The number of carboxylic acid groups (broad SMARTS) is 1. The summed E-state index contributed by atoms with van der Waals surface area (Å²) in [5.74, 6) is -0.852. The van der Waals surface area contributed by atoms with Crippen LogP contribution in [0, 0.1) is 0 Å². The molecule has 1 atom stereocenters. The summed E-state index contributed by atoms with van der Waals surface area (Å²) in [6, 6.07) is -0.151. The summed E-state index contributed by atoms with van der Waals surface area (Å²) in [5.41, 5.74) is 0. The van der Waals surface area contributed by atoms with Crippen LogP contribution in [0.2, 0.25) is 0 Å². The highest BCUT2D eigenvalue weighted by molar-refractivity contribution is 5.74. The minimum absolute atomic E-state index is 0.00439. The van der Waals surface area contributed by atoms with Gasteiger partial charge in [-0.3, -0.25) is 9.69 Å². The Morgan fingerprint density at radius 2 is 2.00 bits per heavy atom. The summed E-state index contributed by atoms with van der Waals surface area (Å²) < 4.78 is 4.84. The number of hydrogen-bond acceptors (Lipinski definition) is 5. The smallest absolute Gasteiger partial charge is 0.319 e. The summed E-state index contributed by atoms with van der Waals surface area (Å²) >= 11 is 0. The fraction of sp³-hybridized carbons (Fsp3) is 0.846. The third kappa shape index (κ3) is 6.28. The third-order valence-electron chi connectivity index (χ3n) is 3.39. The van der Waals surface area contributed by atoms with E-state index in [4.69, 9.17) is 9.84 Å². The zero-order valence-electron chi connectivity index (χ0n) is 12.7. The Labute approximate surface area is 124 Å². The van der Waals surface area contributed by atoms with E-state index in [2.05, 4.69) is 0 Å². The van der Waals surface area contributed by atoms with E-state index < -0.39 is 12.1 Å². The molecule has 122 valence electrons. The summed E-state index contributed by atoms with van der Waals surface area (Å²) in [6.07, 6.45) is 0.0347. The first-order chi connectivity index (χ1) is 9.93. The number of aliphatic hydroxyl groups excluding tert-OH is 1. The minimum atomic E-state index is -0.852. The molecule has 0 aromatic heterocycles. The maximum atomic E-state index is 12.3. The first-order valence-corrected chi connectivity index (χ1v) is 7.05. The van der Waals surface area contributed by atoms with Crippen molar-refractivity contribution in [2.75, 3.05) is 60.0 Å². The van der Waals surface area contributed by atoms with Crippen LogP contribution >= 0.6 is 0 Å². The van der Waals surface area contributed by atoms with Crippen LogP contribution in [0.4, 0.5) is 4.79 Å². The third-order valence-corrected chi connectivity index (χ3v) is 3.39. The van der Waals surface area contributed by atoms with Gasteiger partial charge in [-0.05, 0) is 6.42 Å². The number of carboxylic acids is 1. The number of carbonyl (C=O) groups excluding carboxylic acids is 1. The van der Waals surface area contributed by atoms with Crippen molar-refractivity contribution in [2.45, 2.75) is 12.5 Å². The summed E-state index contributed by atoms with van der Waals surface area (Å²) in [7, 11) is 3.14. The number of urea groups is 1. The topological polar surface area (TPSA) is 93.6 Å². The molecule has 1 aliphatic rings. The van der Waals surface area contributed by atoms with Gasteiger partial charge in [-0.1, -0.05) is 0 Å². The molecule has 0 saturated carbocycles. The van der Waals surface area contributed by atoms with Gasteiger partial charge < -0.3 is 24.7 Å². The molecule has 0 aromatic carbocycles. The molecule has 0 aliphatic carbocycles. The molecule has 2 amide bonds. The van der Waals surface area contributed by atoms with Crippen LogP contribution in [0.15, 0.2) is 0 Å². The minimum Gasteiger partial charge on any atom is -0.480 e. The Morgan fingerprint density at radius 1 is 1.29 bits per heavy atom. The SMILES string of the molecule is COCC(O)CN(C)C(=O)N1CCCN(CC(=O)O)CC1. The van der Waals surface area contributed by atoms with E-state index in [0.717, 1.165) is 6.42 Å². The van der Waals surface area contributed by atoms with Crippen molar-refractivity contribution in [3.63, 3.8) is 0 Å². The standard InChI is InChI=1S/C13H25N3O5/c1-14(8-11(17)10-21-2)13(20)16-5-3-4-15(6-7-16)9-12(18)19/h11,17H,3-10H2,1-2H3,(H,18,19). The number of methoxy groups -OCH3 is 1. The van der Waals surface area contributed by atoms with Gasteiger partial charge in [-0.2, -0.15) is 0 Å². The van der Waals surface area contributed by atoms with Gasteiger partial charge in [0.2, 0.25) is 0 Å². The predicted octanol–water partition coefficient (Wildman–Crippen LogP) is -0.862. The Morgan fingerprint density at radius 3 is 2.62 bits per heavy atom. The van der Waals surface area contributed by atoms with Gasteiger partial charge in [-0.25, -0.2) is 4.79 Å². The van der Waals surface area contributed by atoms with Crippen LogP contribution in [0.3, 0.4) is 0 Å². The lowest BCUT2D eigenvalue weighted by molar-refractivity contribution is -0.138. The van der Waals surface area contributed by atoms with E-state index in [1.54, 1.807) is 11.9 Å². The van der Waals surface area contributed by atoms with Crippen LogP contribution < -0.4 is 0 Å². The van der Waals surface area contributed by atoms with E-state index in [-0.39, 0.29) is 25.7 Å². The monoisotopic (exact) mass is 303 g/mol. The molecule has 0 bridgehead atoms. The predicted molar refractivity (Wildman–Crippen MR) is 76.2 cm³/mol. The molecule has 8 nitrogen and oxygen atoms in total. The van der Waals surface area contributed by atoms with Crippen molar-refractivity contribution in [1.29, 1.82) is 0 Å². The lowest BCUT2D eigenvalue weighted by Crippen LogP contribution is -2.46. The molecule has 8 heteroatoms. The summed E-state index contributed by atoms with van der Waals surface area (Å²) in [6.45, 7) is 2.71. The van der Waals surface area contributed by atoms with Gasteiger partial charge in [0.05, 0.1) is 25.8 Å². The van der Waals surface area contributed by atoms with Gasteiger partial charge in [-0.15, -0.1) is 0 Å². The van der Waals surface area contributed by atoms with Crippen molar-refractivity contribution in [2.24, 2.45) is 0 Å². The van der Waals surface area contributed by atoms with E-state index in [1.165, 1.54) is 12.0 Å². The Kier molecular flexibility index (Phi) is 7.41. The molecule has 1 saturated heterocycles. The molecule has 21 heavy (non-hydrogen) atoms. The number of rotatable bonds is 6. The number of amides is 2. The maximum Gasteiger partial charge on any atom is 0.319 e. The molecular formula is C13H25N3O5. The molecule has 1 unspecified atom stereocenters. The number of likely N-dealkylation sites (N-methyl/N-ethyl adjacent to an activating group) is 1. The van der Waals surface area contributed by atoms with Crippen LogP contribution in [-0.2, 0) is 9.53 Å². The Hall–Kier alpha value is -1.38. The second-order valence-electron chi connectivity index (χ2n) is 5.28. The quantitative estimate of drug-likeness (QED) is 0.663. The number of aliphatic carboxylic acids is 1. The van der Waals surface area contributed by atoms with Crippen LogP contribution in [-0.4, -0.2) is 103 Å². The molecule has 1 heterocycles. The van der Waals surface area contributed by atoms with Crippen LogP contribution in [0.1, 0.15) is 6.42 Å². The van der Waals surface area contributed by atoms with Gasteiger partial charge in [0.25, 0.3) is 0 Å². The van der Waals surface area contributed by atoms with Crippen molar-refractivity contribution in [1.82, 2.24) is 14.7 Å². The second-order valence-corrected chi connectivity index (χ2v) is 5.28. The molecule has 2 N–H and O–H groups in total. The highest BCUT2D eigenvalue weighted by atomic mass is 16.5. The fourth-order valence-electron chi connectivity index (χ4n) is 2.39. The van der Waals surface area contributed by atoms with Gasteiger partial charge in [0.1, 0.15) is 0 Å². The number of carbonyl (C=O) groups is 2. The molecule has 0 aromatic rings. The fourth-order valence-corrected chi connectivity index (χ4v) is 2.39. The highest BCUT2D eigenvalue weighted by Crippen LogP contribution is 2.06. The lowest BCUT2D eigenvalue weighted by Gasteiger charge is -2.28. The summed E-state index contributed by atoms with van der Waals surface area (Å²) in [4.78, 5) is 28.0. The van der Waals surface area contributed by atoms with E-state index in [9.17, 15) is 14.7 Å². The van der Waals surface area contributed by atoms with Gasteiger partial charge in [0.15, 0.2) is 0 Å². The van der Waals surface area contributed by atoms with Gasteiger partial charge >= 0.3 is 12.0 Å². The van der Waals surface area contributed by atoms with Crippen LogP contribution in [0.25, 0.3) is 0 Å². The zero-order chi connectivity index (χ0) is 15.8. The number of hydrogen-bond donors (Lipinski definition) is 2. The van der Waals surface area contributed by atoms with Crippen molar-refractivity contribution < 1.29 is 24.5 Å². The molecule has 0 spiro atoms. The Balaban J connectivity index is 2.45. The first-order valence-electron chi connectivity index (χ1n) is 7.05. The number of ether oxygens (including phenoxy) is 1. The second kappa shape index (κ2) is 8.81. The normalized spacial score (nSPS) is 18.1. The van der Waals surface area contributed by atoms with Crippen molar-refractivity contribution in [3.8, 4) is 0 Å². The van der Waals surface area contributed by atoms with E-state index in [1.807, 2.05) is 4.90 Å². The molecular weight excluding hydrogens is 278 g/mol. The average Bonchev–Trinajstić information content (AvgIpc) is 2.63. The van der Waals surface area contributed by atoms with Gasteiger partial charge in [0, 0.05) is 40.3 Å².